The van der Waals surface area contributed by atoms with E-state index in [4.69, 9.17) is 9.25 Å². The van der Waals surface area contributed by atoms with Crippen LogP contribution in [-0.4, -0.2) is 12.2 Å². The highest BCUT2D eigenvalue weighted by Gasteiger charge is 2.06. The van der Waals surface area contributed by atoms with Crippen LogP contribution >= 0.6 is 15.9 Å². The fourth-order valence-electron chi connectivity index (χ4n) is 1.32. The first-order valence-electron chi connectivity index (χ1n) is 5.22. The average molecular weight is 308 g/mol. The zero-order valence-corrected chi connectivity index (χ0v) is 11.2. The maximum atomic E-state index is 11.6. The predicted octanol–water partition coefficient (Wildman–Crippen LogP) is 3.54. The summed E-state index contributed by atoms with van der Waals surface area (Å²) in [5, 5.41) is 3.58. The molecule has 0 bridgehead atoms. The first kappa shape index (κ1) is 12.6. The number of aryl methyl sites for hydroxylation is 1. The summed E-state index contributed by atoms with van der Waals surface area (Å²) >= 11 is 3.28. The number of furan rings is 1. The van der Waals surface area contributed by atoms with E-state index in [2.05, 4.69) is 21.1 Å². The molecular formula is C13H10BrNO3. The molecule has 1 aromatic carbocycles. The van der Waals surface area contributed by atoms with Gasteiger partial charge >= 0.3 is 5.97 Å². The van der Waals surface area contributed by atoms with Crippen LogP contribution in [0, 0.1) is 6.92 Å². The minimum atomic E-state index is -0.518. The van der Waals surface area contributed by atoms with Crippen LogP contribution in [0.3, 0.4) is 0 Å². The Labute approximate surface area is 112 Å². The maximum Gasteiger partial charge on any atom is 0.365 e. The van der Waals surface area contributed by atoms with Gasteiger partial charge in [0.05, 0.1) is 5.56 Å². The van der Waals surface area contributed by atoms with E-state index in [1.165, 1.54) is 6.21 Å². The summed E-state index contributed by atoms with van der Waals surface area (Å²) in [5.41, 5.74) is 0.428. The predicted molar refractivity (Wildman–Crippen MR) is 70.6 cm³/mol. The van der Waals surface area contributed by atoms with Crippen molar-refractivity contribution in [1.82, 2.24) is 0 Å². The van der Waals surface area contributed by atoms with Crippen molar-refractivity contribution in [2.75, 3.05) is 0 Å². The third-order valence-electron chi connectivity index (χ3n) is 2.14. The molecule has 0 saturated carbocycles. The molecule has 0 aliphatic rings. The molecule has 18 heavy (non-hydrogen) atoms. The molecule has 4 nitrogen and oxygen atoms in total. The standard InChI is InChI=1S/C13H10BrNO3/c1-9-5-6-12(17-9)8-15-18-13(16)10-3-2-4-11(14)7-10/h2-8H,1H3/b15-8-. The number of benzene rings is 1. The Bertz CT molecular complexity index is 589. The molecule has 5 heteroatoms. The van der Waals surface area contributed by atoms with Crippen molar-refractivity contribution in [3.05, 3.63) is 58.0 Å². The summed E-state index contributed by atoms with van der Waals surface area (Å²) in [4.78, 5) is 16.4. The fourth-order valence-corrected chi connectivity index (χ4v) is 1.72. The second kappa shape index (κ2) is 5.64. The highest BCUT2D eigenvalue weighted by Crippen LogP contribution is 2.12. The lowest BCUT2D eigenvalue weighted by Crippen LogP contribution is -2.00. The van der Waals surface area contributed by atoms with E-state index in [0.717, 1.165) is 10.2 Å². The molecule has 0 atom stereocenters. The SMILES string of the molecule is Cc1ccc(/C=N\OC(=O)c2cccc(Br)c2)o1. The van der Waals surface area contributed by atoms with Gasteiger partial charge in [0.1, 0.15) is 17.7 Å². The molecule has 0 saturated heterocycles. The van der Waals surface area contributed by atoms with E-state index < -0.39 is 5.97 Å². The smallest absolute Gasteiger partial charge is 0.365 e. The van der Waals surface area contributed by atoms with Crippen molar-refractivity contribution in [2.24, 2.45) is 5.16 Å². The summed E-state index contributed by atoms with van der Waals surface area (Å²) in [6, 6.07) is 10.4. The van der Waals surface area contributed by atoms with Crippen molar-refractivity contribution >= 4 is 28.1 Å². The number of hydrogen-bond donors (Lipinski definition) is 0. The maximum absolute atomic E-state index is 11.6. The minimum Gasteiger partial charge on any atom is -0.460 e. The van der Waals surface area contributed by atoms with Gasteiger partial charge < -0.3 is 9.25 Å². The normalized spacial score (nSPS) is 10.8. The van der Waals surface area contributed by atoms with Gasteiger partial charge in [-0.25, -0.2) is 4.79 Å². The molecule has 0 N–H and O–H groups in total. The number of carbonyl (C=O) groups is 1. The van der Waals surface area contributed by atoms with E-state index in [9.17, 15) is 4.79 Å². The zero-order chi connectivity index (χ0) is 13.0. The second-order valence-electron chi connectivity index (χ2n) is 3.57. The molecule has 0 aliphatic carbocycles. The molecule has 92 valence electrons. The van der Waals surface area contributed by atoms with Crippen molar-refractivity contribution in [1.29, 1.82) is 0 Å². The number of rotatable bonds is 3. The Morgan fingerprint density at radius 1 is 1.39 bits per heavy atom. The highest BCUT2D eigenvalue weighted by molar-refractivity contribution is 9.10. The summed E-state index contributed by atoms with van der Waals surface area (Å²) in [5.74, 6) is 0.792. The van der Waals surface area contributed by atoms with Crippen LogP contribution in [0.4, 0.5) is 0 Å². The Kier molecular flexibility index (Phi) is 3.94. The zero-order valence-electron chi connectivity index (χ0n) is 9.59. The first-order valence-corrected chi connectivity index (χ1v) is 6.01. The number of halogens is 1. The topological polar surface area (TPSA) is 51.8 Å². The van der Waals surface area contributed by atoms with E-state index in [-0.39, 0.29) is 0 Å². The van der Waals surface area contributed by atoms with Crippen LogP contribution in [0.5, 0.6) is 0 Å². The molecule has 0 aliphatic heterocycles. The lowest BCUT2D eigenvalue weighted by atomic mass is 10.2. The van der Waals surface area contributed by atoms with Gasteiger partial charge in [0.25, 0.3) is 0 Å². The van der Waals surface area contributed by atoms with Crippen LogP contribution in [0.15, 0.2) is 50.4 Å². The summed E-state index contributed by atoms with van der Waals surface area (Å²) in [7, 11) is 0. The summed E-state index contributed by atoms with van der Waals surface area (Å²) in [6.07, 6.45) is 1.35. The molecular weight excluding hydrogens is 298 g/mol. The van der Waals surface area contributed by atoms with Crippen LogP contribution in [0.25, 0.3) is 0 Å². The van der Waals surface area contributed by atoms with Gasteiger partial charge in [-0.05, 0) is 37.3 Å². The molecule has 1 heterocycles. The highest BCUT2D eigenvalue weighted by atomic mass is 79.9. The van der Waals surface area contributed by atoms with Crippen molar-refractivity contribution in [3.8, 4) is 0 Å². The fraction of sp³-hybridized carbons (Fsp3) is 0.0769. The van der Waals surface area contributed by atoms with Crippen LogP contribution in [0.2, 0.25) is 0 Å². The van der Waals surface area contributed by atoms with Crippen LogP contribution in [0.1, 0.15) is 21.9 Å². The summed E-state index contributed by atoms with van der Waals surface area (Å²) < 4.78 is 6.05. The quantitative estimate of drug-likeness (QED) is 0.495. The van der Waals surface area contributed by atoms with Gasteiger partial charge in [-0.3, -0.25) is 0 Å². The van der Waals surface area contributed by atoms with Gasteiger partial charge in [-0.1, -0.05) is 27.2 Å². The minimum absolute atomic E-state index is 0.428. The van der Waals surface area contributed by atoms with Crippen molar-refractivity contribution < 1.29 is 14.0 Å². The third kappa shape index (κ3) is 3.30. The molecule has 0 fully saturated rings. The largest absolute Gasteiger partial charge is 0.460 e. The molecule has 0 radical (unpaired) electrons. The van der Waals surface area contributed by atoms with Gasteiger partial charge in [0.15, 0.2) is 0 Å². The molecule has 1 aromatic heterocycles. The Balaban J connectivity index is 1.98. The van der Waals surface area contributed by atoms with E-state index in [0.29, 0.717) is 11.3 Å². The molecule has 0 spiro atoms. The third-order valence-corrected chi connectivity index (χ3v) is 2.63. The monoisotopic (exact) mass is 307 g/mol. The second-order valence-corrected chi connectivity index (χ2v) is 4.49. The Hall–Kier alpha value is -1.88. The van der Waals surface area contributed by atoms with Crippen LogP contribution < -0.4 is 0 Å². The van der Waals surface area contributed by atoms with Crippen molar-refractivity contribution in [2.45, 2.75) is 6.92 Å². The van der Waals surface area contributed by atoms with Crippen molar-refractivity contribution in [3.63, 3.8) is 0 Å². The lowest BCUT2D eigenvalue weighted by molar-refractivity contribution is 0.0519. The van der Waals surface area contributed by atoms with E-state index in [1.807, 2.05) is 13.0 Å². The van der Waals surface area contributed by atoms with Gasteiger partial charge in [-0.15, -0.1) is 0 Å². The van der Waals surface area contributed by atoms with Gasteiger partial charge in [0, 0.05) is 4.47 Å². The lowest BCUT2D eigenvalue weighted by Gasteiger charge is -1.97. The van der Waals surface area contributed by atoms with E-state index >= 15 is 0 Å². The molecule has 2 aromatic rings. The number of nitrogens with zero attached hydrogens (tertiary/aromatic N) is 1. The number of carbonyl (C=O) groups excluding carboxylic acids is 1. The Morgan fingerprint density at radius 3 is 2.89 bits per heavy atom. The number of hydrogen-bond acceptors (Lipinski definition) is 4. The molecule has 0 amide bonds. The van der Waals surface area contributed by atoms with E-state index in [1.54, 1.807) is 30.3 Å². The summed E-state index contributed by atoms with van der Waals surface area (Å²) in [6.45, 7) is 1.82. The van der Waals surface area contributed by atoms with Crippen LogP contribution in [-0.2, 0) is 4.84 Å². The molecule has 0 unspecified atom stereocenters. The van der Waals surface area contributed by atoms with Gasteiger partial charge in [-0.2, -0.15) is 0 Å². The number of oxime groups is 1. The average Bonchev–Trinajstić information content (AvgIpc) is 2.75. The first-order chi connectivity index (χ1) is 8.65. The Morgan fingerprint density at radius 2 is 2.22 bits per heavy atom. The molecule has 2 rings (SSSR count). The van der Waals surface area contributed by atoms with Gasteiger partial charge in [0.2, 0.25) is 0 Å².